The molecule has 6 atom stereocenters. The topological polar surface area (TPSA) is 144 Å². The van der Waals surface area contributed by atoms with Crippen LogP contribution in [0.25, 0.3) is 10.4 Å². The lowest BCUT2D eigenvalue weighted by Crippen LogP contribution is -2.70. The number of fused-ring (bicyclic) bond motifs is 2. The average Bonchev–Trinajstić information content (AvgIpc) is 3.63. The van der Waals surface area contributed by atoms with Gasteiger partial charge in [0.1, 0.15) is 12.1 Å². The van der Waals surface area contributed by atoms with E-state index in [1.807, 2.05) is 64.4 Å². The minimum absolute atomic E-state index is 0.0171. The second-order valence-corrected chi connectivity index (χ2v) is 15.0. The molecule has 6 rings (SSSR count). The molecule has 4 aliphatic heterocycles. The standard InChI is InChI=1S/C34H48N6O6S/c1-7-46-29(43)18-38-14-24-12-25(15-38)39(24)17-28(42)37-31(34(4,5)6)33(45)40-16-26(41)13-27(40)32(44)36-20(2)22-8-10-23(11-9-22)30-21(3)35-19-47-30/h8-11,19-20,24-27,31,41H,7,12-18H2,1-6H3,(H,36,44)(H,37,42)/t20-,24-,25+,26+,27-,31+/m0/s1. The lowest BCUT2D eigenvalue weighted by atomic mass is 9.85. The Balaban J connectivity index is 1.19. The van der Waals surface area contributed by atoms with E-state index >= 15 is 0 Å². The Hall–Kier alpha value is -3.39. The molecular formula is C34H48N6O6S. The SMILES string of the molecule is CCOC(=O)CN1C[C@H]2C[C@@H](C1)N2CC(=O)N[C@H](C(=O)N1C[C@H](O)C[C@H]1C(=O)N[C@@H](C)c1ccc(-c2scnc2C)cc1)C(C)(C)C. The Bertz CT molecular complexity index is 1450. The number of nitrogens with one attached hydrogen (secondary N) is 2. The third-order valence-corrected chi connectivity index (χ3v) is 10.4. The molecule has 4 fully saturated rings. The molecule has 1 aromatic heterocycles. The molecule has 12 nitrogen and oxygen atoms in total. The van der Waals surface area contributed by atoms with Crippen molar-refractivity contribution in [2.45, 2.75) is 90.7 Å². The molecule has 13 heteroatoms. The van der Waals surface area contributed by atoms with Crippen LogP contribution in [0.5, 0.6) is 0 Å². The smallest absolute Gasteiger partial charge is 0.320 e. The van der Waals surface area contributed by atoms with Crippen LogP contribution in [-0.2, 0) is 23.9 Å². The maximum Gasteiger partial charge on any atom is 0.320 e. The number of hydrogen-bond acceptors (Lipinski definition) is 10. The molecule has 2 aromatic rings. The summed E-state index contributed by atoms with van der Waals surface area (Å²) in [5, 5.41) is 16.6. The van der Waals surface area contributed by atoms with E-state index in [0.29, 0.717) is 19.7 Å². The van der Waals surface area contributed by atoms with Crippen LogP contribution in [0.2, 0.25) is 0 Å². The molecule has 256 valence electrons. The number of carbonyl (C=O) groups is 4. The van der Waals surface area contributed by atoms with Gasteiger partial charge in [0.2, 0.25) is 17.7 Å². The normalized spacial score (nSPS) is 24.3. The summed E-state index contributed by atoms with van der Waals surface area (Å²) in [4.78, 5) is 63.9. The monoisotopic (exact) mass is 668 g/mol. The average molecular weight is 669 g/mol. The van der Waals surface area contributed by atoms with E-state index in [0.717, 1.165) is 28.1 Å². The number of likely N-dealkylation sites (tertiary alicyclic amines) is 1. The number of piperazine rings is 1. The number of aryl methyl sites for hydroxylation is 1. The second-order valence-electron chi connectivity index (χ2n) is 14.1. The van der Waals surface area contributed by atoms with E-state index in [2.05, 4.69) is 25.4 Å². The first-order valence-corrected chi connectivity index (χ1v) is 17.4. The van der Waals surface area contributed by atoms with Crippen LogP contribution in [-0.4, -0.2) is 118 Å². The fraction of sp³-hybridized carbons (Fsp3) is 0.618. The summed E-state index contributed by atoms with van der Waals surface area (Å²) in [5.74, 6) is -1.23. The molecule has 2 bridgehead atoms. The largest absolute Gasteiger partial charge is 0.465 e. The number of piperidine rings is 1. The van der Waals surface area contributed by atoms with Crippen LogP contribution >= 0.6 is 11.3 Å². The number of ether oxygens (including phenoxy) is 1. The number of rotatable bonds is 11. The molecule has 0 aliphatic carbocycles. The van der Waals surface area contributed by atoms with E-state index in [9.17, 15) is 24.3 Å². The molecule has 4 saturated heterocycles. The van der Waals surface area contributed by atoms with Gasteiger partial charge in [-0.15, -0.1) is 11.3 Å². The van der Waals surface area contributed by atoms with Crippen molar-refractivity contribution in [1.82, 2.24) is 30.3 Å². The maximum absolute atomic E-state index is 14.0. The van der Waals surface area contributed by atoms with Crippen molar-refractivity contribution in [2.75, 3.05) is 39.3 Å². The zero-order valence-electron chi connectivity index (χ0n) is 28.2. The van der Waals surface area contributed by atoms with Gasteiger partial charge in [-0.2, -0.15) is 0 Å². The van der Waals surface area contributed by atoms with Crippen molar-refractivity contribution < 1.29 is 29.0 Å². The summed E-state index contributed by atoms with van der Waals surface area (Å²) in [6.45, 7) is 13.4. The van der Waals surface area contributed by atoms with Crippen molar-refractivity contribution >= 4 is 35.0 Å². The predicted molar refractivity (Wildman–Crippen MR) is 178 cm³/mol. The van der Waals surface area contributed by atoms with Gasteiger partial charge in [0, 0.05) is 38.1 Å². The van der Waals surface area contributed by atoms with Gasteiger partial charge in [-0.3, -0.25) is 29.0 Å². The van der Waals surface area contributed by atoms with Gasteiger partial charge in [0.25, 0.3) is 0 Å². The summed E-state index contributed by atoms with van der Waals surface area (Å²) in [7, 11) is 0. The van der Waals surface area contributed by atoms with Crippen LogP contribution in [0.15, 0.2) is 29.8 Å². The molecule has 4 aliphatic rings. The number of carbonyl (C=O) groups excluding carboxylic acids is 4. The quantitative estimate of drug-likeness (QED) is 0.307. The molecule has 1 aromatic carbocycles. The highest BCUT2D eigenvalue weighted by molar-refractivity contribution is 7.13. The van der Waals surface area contributed by atoms with Crippen LogP contribution < -0.4 is 10.6 Å². The van der Waals surface area contributed by atoms with Gasteiger partial charge in [0.05, 0.1) is 47.9 Å². The Kier molecular flexibility index (Phi) is 10.7. The predicted octanol–water partition coefficient (Wildman–Crippen LogP) is 2.11. The third-order valence-electron chi connectivity index (χ3n) is 9.46. The Morgan fingerprint density at radius 1 is 1.04 bits per heavy atom. The zero-order valence-corrected chi connectivity index (χ0v) is 29.0. The Labute approximate surface area is 280 Å². The van der Waals surface area contributed by atoms with Gasteiger partial charge >= 0.3 is 5.97 Å². The van der Waals surface area contributed by atoms with Crippen molar-refractivity contribution in [3.63, 3.8) is 0 Å². The lowest BCUT2D eigenvalue weighted by molar-refractivity contribution is -0.150. The van der Waals surface area contributed by atoms with Crippen molar-refractivity contribution in [1.29, 1.82) is 0 Å². The van der Waals surface area contributed by atoms with E-state index in [1.165, 1.54) is 4.90 Å². The lowest BCUT2D eigenvalue weighted by Gasteiger charge is -2.56. The van der Waals surface area contributed by atoms with E-state index < -0.39 is 23.6 Å². The van der Waals surface area contributed by atoms with Gasteiger partial charge in [0.15, 0.2) is 0 Å². The molecule has 3 N–H and O–H groups in total. The third kappa shape index (κ3) is 8.02. The number of aliphatic hydroxyl groups excluding tert-OH is 1. The van der Waals surface area contributed by atoms with Gasteiger partial charge in [-0.05, 0) is 43.7 Å². The number of β-amino-alcohol motifs (C(OH)–C–C–N with tert-alkyl or cyclic N) is 1. The number of benzene rings is 1. The first-order chi connectivity index (χ1) is 22.2. The van der Waals surface area contributed by atoms with Crippen LogP contribution in [0.3, 0.4) is 0 Å². The van der Waals surface area contributed by atoms with E-state index in [1.54, 1.807) is 18.3 Å². The molecule has 0 spiro atoms. The second kappa shape index (κ2) is 14.4. The summed E-state index contributed by atoms with van der Waals surface area (Å²) >= 11 is 1.58. The highest BCUT2D eigenvalue weighted by atomic mass is 32.1. The molecule has 0 radical (unpaired) electrons. The number of amides is 3. The number of thiazole rings is 1. The molecular weight excluding hydrogens is 620 g/mol. The number of nitrogens with zero attached hydrogens (tertiary/aromatic N) is 4. The highest BCUT2D eigenvalue weighted by Gasteiger charge is 2.47. The molecule has 47 heavy (non-hydrogen) atoms. The van der Waals surface area contributed by atoms with Gasteiger partial charge < -0.3 is 25.4 Å². The Morgan fingerprint density at radius 2 is 1.72 bits per heavy atom. The molecule has 3 amide bonds. The molecule has 5 heterocycles. The van der Waals surface area contributed by atoms with Crippen molar-refractivity contribution in [3.05, 3.63) is 41.0 Å². The summed E-state index contributed by atoms with van der Waals surface area (Å²) in [6.07, 6.45) is 0.240. The maximum atomic E-state index is 14.0. The zero-order chi connectivity index (χ0) is 34.0. The van der Waals surface area contributed by atoms with Gasteiger partial charge in [-0.1, -0.05) is 45.0 Å². The minimum atomic E-state index is -0.891. The summed E-state index contributed by atoms with van der Waals surface area (Å²) in [6, 6.07) is 6.22. The van der Waals surface area contributed by atoms with Crippen LogP contribution in [0.4, 0.5) is 0 Å². The van der Waals surface area contributed by atoms with E-state index in [-0.39, 0.29) is 67.9 Å². The van der Waals surface area contributed by atoms with Crippen molar-refractivity contribution in [2.24, 2.45) is 5.41 Å². The molecule has 0 unspecified atom stereocenters. The summed E-state index contributed by atoms with van der Waals surface area (Å²) in [5.41, 5.74) is 4.13. The van der Waals surface area contributed by atoms with E-state index in [4.69, 9.17) is 4.74 Å². The summed E-state index contributed by atoms with van der Waals surface area (Å²) < 4.78 is 5.08. The number of aromatic nitrogens is 1. The number of esters is 1. The fourth-order valence-electron chi connectivity index (χ4n) is 6.94. The first-order valence-electron chi connectivity index (χ1n) is 16.5. The molecule has 0 saturated carbocycles. The first kappa shape index (κ1) is 34.9. The number of hydrogen-bond donors (Lipinski definition) is 3. The minimum Gasteiger partial charge on any atom is -0.465 e. The Morgan fingerprint density at radius 3 is 2.32 bits per heavy atom. The fourth-order valence-corrected chi connectivity index (χ4v) is 7.75. The van der Waals surface area contributed by atoms with Crippen molar-refractivity contribution in [3.8, 4) is 10.4 Å². The van der Waals surface area contributed by atoms with Crippen LogP contribution in [0, 0.1) is 12.3 Å². The highest BCUT2D eigenvalue weighted by Crippen LogP contribution is 2.33. The van der Waals surface area contributed by atoms with Gasteiger partial charge in [-0.25, -0.2) is 4.98 Å². The number of aliphatic hydroxyl groups is 1. The van der Waals surface area contributed by atoms with Crippen LogP contribution in [0.1, 0.15) is 64.8 Å².